The number of aromatic nitrogens is 1. The molecule has 0 spiro atoms. The Kier molecular flexibility index (Phi) is 3.71. The fourth-order valence-electron chi connectivity index (χ4n) is 1.47. The van der Waals surface area contributed by atoms with Crippen LogP contribution in [0.5, 0.6) is 0 Å². The van der Waals surface area contributed by atoms with E-state index < -0.39 is 12.1 Å². The third-order valence-electron chi connectivity index (χ3n) is 2.52. The minimum absolute atomic E-state index is 0.225. The van der Waals surface area contributed by atoms with Crippen LogP contribution in [-0.4, -0.2) is 24.3 Å². The standard InChI is InChI=1S/C12H8ClF3N2O2/c1-18(11(19)12(14,15)16)10-6-9(20-17-10)7-2-4-8(13)5-3-7/h2-6H,1H3. The minimum Gasteiger partial charge on any atom is -0.354 e. The molecule has 0 atom stereocenters. The highest BCUT2D eigenvalue weighted by molar-refractivity contribution is 6.30. The summed E-state index contributed by atoms with van der Waals surface area (Å²) in [5, 5.41) is 3.96. The van der Waals surface area contributed by atoms with Crippen LogP contribution in [0.1, 0.15) is 0 Å². The maximum absolute atomic E-state index is 12.3. The van der Waals surface area contributed by atoms with Crippen molar-refractivity contribution in [2.24, 2.45) is 0 Å². The Morgan fingerprint density at radius 2 is 1.90 bits per heavy atom. The predicted molar refractivity (Wildman–Crippen MR) is 66.4 cm³/mol. The van der Waals surface area contributed by atoms with E-state index in [-0.39, 0.29) is 11.6 Å². The Bertz CT molecular complexity index is 622. The molecule has 106 valence electrons. The Morgan fingerprint density at radius 1 is 1.30 bits per heavy atom. The summed E-state index contributed by atoms with van der Waals surface area (Å²) in [5.74, 6) is -2.01. The molecule has 0 bridgehead atoms. The van der Waals surface area contributed by atoms with Gasteiger partial charge in [0.05, 0.1) is 0 Å². The number of hydrogen-bond acceptors (Lipinski definition) is 3. The van der Waals surface area contributed by atoms with Crippen molar-refractivity contribution in [3.63, 3.8) is 0 Å². The maximum Gasteiger partial charge on any atom is 0.471 e. The Balaban J connectivity index is 2.25. The molecule has 0 saturated carbocycles. The van der Waals surface area contributed by atoms with Gasteiger partial charge in [0, 0.05) is 23.7 Å². The molecule has 1 aromatic heterocycles. The first-order valence-corrected chi connectivity index (χ1v) is 5.74. The van der Waals surface area contributed by atoms with Crippen LogP contribution in [-0.2, 0) is 4.79 Å². The Hall–Kier alpha value is -2.02. The van der Waals surface area contributed by atoms with Crippen LogP contribution in [0.25, 0.3) is 11.3 Å². The van der Waals surface area contributed by atoms with Crippen LogP contribution in [0.2, 0.25) is 5.02 Å². The number of benzene rings is 1. The van der Waals surface area contributed by atoms with Gasteiger partial charge in [0.15, 0.2) is 11.6 Å². The van der Waals surface area contributed by atoms with Gasteiger partial charge in [-0.25, -0.2) is 0 Å². The number of amides is 1. The second-order valence-electron chi connectivity index (χ2n) is 3.92. The summed E-state index contributed by atoms with van der Waals surface area (Å²) < 4.78 is 41.8. The van der Waals surface area contributed by atoms with Crippen molar-refractivity contribution < 1.29 is 22.5 Å². The van der Waals surface area contributed by atoms with Gasteiger partial charge in [-0.2, -0.15) is 13.2 Å². The molecule has 0 saturated heterocycles. The Morgan fingerprint density at radius 3 is 2.45 bits per heavy atom. The van der Waals surface area contributed by atoms with Gasteiger partial charge in [0.25, 0.3) is 0 Å². The fourth-order valence-corrected chi connectivity index (χ4v) is 1.59. The summed E-state index contributed by atoms with van der Waals surface area (Å²) in [6.45, 7) is 0. The monoisotopic (exact) mass is 304 g/mol. The molecular formula is C12H8ClF3N2O2. The molecule has 4 nitrogen and oxygen atoms in total. The number of alkyl halides is 3. The van der Waals surface area contributed by atoms with Crippen molar-refractivity contribution >= 4 is 23.3 Å². The smallest absolute Gasteiger partial charge is 0.354 e. The lowest BCUT2D eigenvalue weighted by molar-refractivity contribution is -0.170. The molecule has 0 radical (unpaired) electrons. The van der Waals surface area contributed by atoms with Crippen molar-refractivity contribution in [1.29, 1.82) is 0 Å². The summed E-state index contributed by atoms with van der Waals surface area (Å²) >= 11 is 5.72. The van der Waals surface area contributed by atoms with Gasteiger partial charge in [-0.3, -0.25) is 9.69 Å². The van der Waals surface area contributed by atoms with Crippen LogP contribution < -0.4 is 4.90 Å². The van der Waals surface area contributed by atoms with E-state index in [2.05, 4.69) is 5.16 Å². The molecule has 1 aromatic carbocycles. The van der Waals surface area contributed by atoms with E-state index in [1.165, 1.54) is 6.07 Å². The van der Waals surface area contributed by atoms with Crippen molar-refractivity contribution in [3.8, 4) is 11.3 Å². The normalized spacial score (nSPS) is 11.4. The van der Waals surface area contributed by atoms with E-state index in [1.807, 2.05) is 0 Å². The molecule has 20 heavy (non-hydrogen) atoms. The predicted octanol–water partition coefficient (Wildman–Crippen LogP) is 3.52. The highest BCUT2D eigenvalue weighted by Gasteiger charge is 2.42. The first kappa shape index (κ1) is 14.4. The lowest BCUT2D eigenvalue weighted by Crippen LogP contribution is -2.38. The Labute approximate surface area is 116 Å². The van der Waals surface area contributed by atoms with Crippen LogP contribution >= 0.6 is 11.6 Å². The molecule has 8 heteroatoms. The zero-order chi connectivity index (χ0) is 14.9. The molecule has 0 fully saturated rings. The largest absolute Gasteiger partial charge is 0.471 e. The zero-order valence-electron chi connectivity index (χ0n) is 10.1. The lowest BCUT2D eigenvalue weighted by Gasteiger charge is -2.14. The van der Waals surface area contributed by atoms with Crippen LogP contribution in [0.3, 0.4) is 0 Å². The second-order valence-corrected chi connectivity index (χ2v) is 4.35. The van der Waals surface area contributed by atoms with Crippen molar-refractivity contribution in [1.82, 2.24) is 5.16 Å². The van der Waals surface area contributed by atoms with E-state index in [4.69, 9.17) is 16.1 Å². The van der Waals surface area contributed by atoms with Gasteiger partial charge >= 0.3 is 12.1 Å². The van der Waals surface area contributed by atoms with Crippen LogP contribution in [0, 0.1) is 0 Å². The molecule has 0 aliphatic carbocycles. The molecule has 1 amide bonds. The number of halogens is 4. The first-order valence-electron chi connectivity index (χ1n) is 5.36. The molecule has 1 heterocycles. The second kappa shape index (κ2) is 5.16. The number of carbonyl (C=O) groups excluding carboxylic acids is 1. The number of hydrogen-bond donors (Lipinski definition) is 0. The van der Waals surface area contributed by atoms with E-state index in [0.29, 0.717) is 15.5 Å². The van der Waals surface area contributed by atoms with Gasteiger partial charge in [-0.1, -0.05) is 16.8 Å². The van der Waals surface area contributed by atoms with Crippen molar-refractivity contribution in [2.45, 2.75) is 6.18 Å². The third-order valence-corrected chi connectivity index (χ3v) is 2.77. The van der Waals surface area contributed by atoms with E-state index in [0.717, 1.165) is 7.05 Å². The van der Waals surface area contributed by atoms with Gasteiger partial charge in [-0.05, 0) is 24.3 Å². The number of rotatable bonds is 2. The average Bonchev–Trinajstić information content (AvgIpc) is 2.86. The van der Waals surface area contributed by atoms with Gasteiger partial charge in [0.2, 0.25) is 0 Å². The fraction of sp³-hybridized carbons (Fsp3) is 0.167. The third kappa shape index (κ3) is 2.93. The average molecular weight is 305 g/mol. The quantitative estimate of drug-likeness (QED) is 0.853. The van der Waals surface area contributed by atoms with Crippen LogP contribution in [0.4, 0.5) is 19.0 Å². The molecule has 2 rings (SSSR count). The molecule has 0 aliphatic heterocycles. The van der Waals surface area contributed by atoms with Crippen molar-refractivity contribution in [3.05, 3.63) is 35.4 Å². The minimum atomic E-state index is -4.96. The summed E-state index contributed by atoms with van der Waals surface area (Å²) in [6, 6.07) is 7.69. The van der Waals surface area contributed by atoms with Gasteiger partial charge in [0.1, 0.15) is 0 Å². The SMILES string of the molecule is CN(C(=O)C(F)(F)F)c1cc(-c2ccc(Cl)cc2)on1. The van der Waals surface area contributed by atoms with Gasteiger partial charge < -0.3 is 4.52 Å². The number of anilines is 1. The van der Waals surface area contributed by atoms with E-state index >= 15 is 0 Å². The topological polar surface area (TPSA) is 46.3 Å². The maximum atomic E-state index is 12.3. The van der Waals surface area contributed by atoms with Gasteiger partial charge in [-0.15, -0.1) is 0 Å². The summed E-state index contributed by atoms with van der Waals surface area (Å²) in [7, 11) is 0.972. The molecule has 0 aliphatic rings. The van der Waals surface area contributed by atoms with Crippen molar-refractivity contribution in [2.75, 3.05) is 11.9 Å². The molecule has 2 aromatic rings. The summed E-state index contributed by atoms with van der Waals surface area (Å²) in [4.78, 5) is 11.4. The summed E-state index contributed by atoms with van der Waals surface area (Å²) in [6.07, 6.45) is -4.96. The summed E-state index contributed by atoms with van der Waals surface area (Å²) in [5.41, 5.74) is 0.584. The molecular weight excluding hydrogens is 297 g/mol. The molecule has 0 unspecified atom stereocenters. The number of nitrogens with zero attached hydrogens (tertiary/aromatic N) is 2. The first-order chi connectivity index (χ1) is 9.29. The van der Waals surface area contributed by atoms with E-state index in [1.54, 1.807) is 24.3 Å². The highest BCUT2D eigenvalue weighted by Crippen LogP contribution is 2.27. The van der Waals surface area contributed by atoms with Crippen LogP contribution in [0.15, 0.2) is 34.9 Å². The highest BCUT2D eigenvalue weighted by atomic mass is 35.5. The molecule has 0 N–H and O–H groups in total. The number of carbonyl (C=O) groups is 1. The zero-order valence-corrected chi connectivity index (χ0v) is 10.9. The lowest BCUT2D eigenvalue weighted by atomic mass is 10.2. The van der Waals surface area contributed by atoms with E-state index in [9.17, 15) is 18.0 Å².